The number of nitrogens with two attached hydrogens (primary N) is 1. The molecule has 0 bridgehead atoms. The second kappa shape index (κ2) is 6.79. The topological polar surface area (TPSA) is 72.5 Å². The van der Waals surface area contributed by atoms with Crippen molar-refractivity contribution in [1.82, 2.24) is 10.3 Å². The third-order valence-electron chi connectivity index (χ3n) is 1.97. The molecule has 0 aliphatic rings. The number of methoxy groups -OCH3 is 1. The first-order chi connectivity index (χ1) is 7.72. The van der Waals surface area contributed by atoms with Gasteiger partial charge in [-0.15, -0.1) is 0 Å². The van der Waals surface area contributed by atoms with Gasteiger partial charge in [-0.05, 0) is 19.1 Å². The smallest absolute Gasteiger partial charge is 0.189 e. The second-order valence-electron chi connectivity index (χ2n) is 3.39. The van der Waals surface area contributed by atoms with Crippen LogP contribution in [0, 0.1) is 6.92 Å². The molecule has 0 saturated carbocycles. The van der Waals surface area contributed by atoms with Crippen LogP contribution in [0.3, 0.4) is 0 Å². The molecule has 16 heavy (non-hydrogen) atoms. The molecule has 0 amide bonds. The molecule has 0 unspecified atom stereocenters. The Morgan fingerprint density at radius 2 is 2.38 bits per heavy atom. The number of hydrogen-bond acceptors (Lipinski definition) is 3. The third-order valence-corrected chi connectivity index (χ3v) is 1.97. The minimum atomic E-state index is 0.417. The number of rotatable bonds is 5. The van der Waals surface area contributed by atoms with E-state index < -0.39 is 0 Å². The molecule has 5 heteroatoms. The zero-order valence-electron chi connectivity index (χ0n) is 9.73. The van der Waals surface area contributed by atoms with Gasteiger partial charge in [0.2, 0.25) is 0 Å². The molecule has 88 valence electrons. The minimum absolute atomic E-state index is 0.417. The van der Waals surface area contributed by atoms with E-state index in [2.05, 4.69) is 15.3 Å². The van der Waals surface area contributed by atoms with Gasteiger partial charge in [-0.1, -0.05) is 6.07 Å². The van der Waals surface area contributed by atoms with E-state index in [1.165, 1.54) is 0 Å². The fourth-order valence-corrected chi connectivity index (χ4v) is 1.19. The van der Waals surface area contributed by atoms with E-state index in [9.17, 15) is 0 Å². The van der Waals surface area contributed by atoms with Crippen LogP contribution in [0.2, 0.25) is 0 Å². The molecule has 0 fully saturated rings. The normalized spacial score (nSPS) is 11.5. The van der Waals surface area contributed by atoms with Crippen LogP contribution in [0.25, 0.3) is 0 Å². The average Bonchev–Trinajstić information content (AvgIpc) is 2.27. The molecule has 1 heterocycles. The summed E-state index contributed by atoms with van der Waals surface area (Å²) in [5.41, 5.74) is 7.55. The predicted molar refractivity (Wildman–Crippen MR) is 64.2 cm³/mol. The fraction of sp³-hybridized carbons (Fsp3) is 0.455. The number of aryl methyl sites for hydroxylation is 1. The minimum Gasteiger partial charge on any atom is -0.383 e. The van der Waals surface area contributed by atoms with Crippen molar-refractivity contribution >= 4 is 5.96 Å². The van der Waals surface area contributed by atoms with E-state index in [0.717, 1.165) is 11.4 Å². The standard InChI is InChI=1S/C11H18N4O/c1-9-4-3-5-10(15-9)8-14-11(12)13-6-7-16-2/h3-5H,6-8H2,1-2H3,(H3,12,13,14). The highest BCUT2D eigenvalue weighted by Crippen LogP contribution is 1.99. The molecule has 1 rings (SSSR count). The van der Waals surface area contributed by atoms with Gasteiger partial charge in [-0.3, -0.25) is 4.98 Å². The molecule has 1 aromatic heterocycles. The van der Waals surface area contributed by atoms with Crippen molar-refractivity contribution in [3.8, 4) is 0 Å². The van der Waals surface area contributed by atoms with Gasteiger partial charge in [0.05, 0.1) is 18.8 Å². The van der Waals surface area contributed by atoms with Gasteiger partial charge in [0, 0.05) is 19.3 Å². The van der Waals surface area contributed by atoms with E-state index in [1.807, 2.05) is 25.1 Å². The summed E-state index contributed by atoms with van der Waals surface area (Å²) in [7, 11) is 1.64. The Balaban J connectivity index is 2.40. The first-order valence-electron chi connectivity index (χ1n) is 5.17. The summed E-state index contributed by atoms with van der Waals surface area (Å²) in [6.45, 7) is 3.72. The molecule has 3 N–H and O–H groups in total. The number of pyridine rings is 1. The second-order valence-corrected chi connectivity index (χ2v) is 3.39. The van der Waals surface area contributed by atoms with Crippen LogP contribution in [0.1, 0.15) is 11.4 Å². The highest BCUT2D eigenvalue weighted by atomic mass is 16.5. The number of hydrogen-bond donors (Lipinski definition) is 2. The summed E-state index contributed by atoms with van der Waals surface area (Å²) in [4.78, 5) is 8.50. The first kappa shape index (κ1) is 12.4. The molecular formula is C11H18N4O. The summed E-state index contributed by atoms with van der Waals surface area (Å²) in [6.07, 6.45) is 0. The van der Waals surface area contributed by atoms with Crippen LogP contribution in [0.4, 0.5) is 0 Å². The van der Waals surface area contributed by atoms with Crippen LogP contribution in [0.5, 0.6) is 0 Å². The number of ether oxygens (including phenoxy) is 1. The monoisotopic (exact) mass is 222 g/mol. The zero-order chi connectivity index (χ0) is 11.8. The van der Waals surface area contributed by atoms with Gasteiger partial charge in [-0.2, -0.15) is 0 Å². The number of nitrogens with one attached hydrogen (secondary N) is 1. The highest BCUT2D eigenvalue weighted by molar-refractivity contribution is 5.77. The van der Waals surface area contributed by atoms with Gasteiger partial charge in [0.1, 0.15) is 0 Å². The molecule has 0 aromatic carbocycles. The van der Waals surface area contributed by atoms with E-state index >= 15 is 0 Å². The lowest BCUT2D eigenvalue weighted by atomic mass is 10.3. The maximum absolute atomic E-state index is 5.66. The highest BCUT2D eigenvalue weighted by Gasteiger charge is 1.94. The lowest BCUT2D eigenvalue weighted by Crippen LogP contribution is -2.34. The summed E-state index contributed by atoms with van der Waals surface area (Å²) in [5.74, 6) is 0.417. The van der Waals surface area contributed by atoms with Crippen LogP contribution in [-0.4, -0.2) is 31.2 Å². The van der Waals surface area contributed by atoms with E-state index in [0.29, 0.717) is 25.7 Å². The number of aromatic nitrogens is 1. The van der Waals surface area contributed by atoms with Gasteiger partial charge in [-0.25, -0.2) is 4.99 Å². The number of nitrogens with zero attached hydrogens (tertiary/aromatic N) is 2. The van der Waals surface area contributed by atoms with Crippen molar-refractivity contribution in [3.05, 3.63) is 29.6 Å². The SMILES string of the molecule is COCCNC(N)=NCc1cccc(C)n1. The zero-order valence-corrected chi connectivity index (χ0v) is 9.73. The molecule has 0 radical (unpaired) electrons. The van der Waals surface area contributed by atoms with E-state index in [4.69, 9.17) is 10.5 Å². The lowest BCUT2D eigenvalue weighted by Gasteiger charge is -2.04. The molecule has 0 aliphatic heterocycles. The molecule has 0 atom stereocenters. The Morgan fingerprint density at radius 3 is 3.06 bits per heavy atom. The van der Waals surface area contributed by atoms with E-state index in [1.54, 1.807) is 7.11 Å². The molecule has 0 spiro atoms. The van der Waals surface area contributed by atoms with Crippen LogP contribution < -0.4 is 11.1 Å². The van der Waals surface area contributed by atoms with E-state index in [-0.39, 0.29) is 0 Å². The Bertz CT molecular complexity index is 352. The Hall–Kier alpha value is -1.62. The molecular weight excluding hydrogens is 204 g/mol. The Morgan fingerprint density at radius 1 is 1.56 bits per heavy atom. The average molecular weight is 222 g/mol. The Kier molecular flexibility index (Phi) is 5.28. The summed E-state index contributed by atoms with van der Waals surface area (Å²) in [5, 5.41) is 2.94. The molecule has 0 saturated heterocycles. The molecule has 0 aliphatic carbocycles. The fourth-order valence-electron chi connectivity index (χ4n) is 1.19. The van der Waals surface area contributed by atoms with Crippen LogP contribution in [0.15, 0.2) is 23.2 Å². The summed E-state index contributed by atoms with van der Waals surface area (Å²) >= 11 is 0. The quantitative estimate of drug-likeness (QED) is 0.431. The van der Waals surface area contributed by atoms with Crippen molar-refractivity contribution in [2.45, 2.75) is 13.5 Å². The summed E-state index contributed by atoms with van der Waals surface area (Å²) in [6, 6.07) is 5.84. The van der Waals surface area contributed by atoms with Crippen molar-refractivity contribution < 1.29 is 4.74 Å². The Labute approximate surface area is 95.7 Å². The van der Waals surface area contributed by atoms with Crippen molar-refractivity contribution in [3.63, 3.8) is 0 Å². The van der Waals surface area contributed by atoms with Crippen LogP contribution in [-0.2, 0) is 11.3 Å². The van der Waals surface area contributed by atoms with Crippen molar-refractivity contribution in [2.24, 2.45) is 10.7 Å². The van der Waals surface area contributed by atoms with Gasteiger partial charge in [0.15, 0.2) is 5.96 Å². The van der Waals surface area contributed by atoms with Gasteiger partial charge in [0.25, 0.3) is 0 Å². The molecule has 5 nitrogen and oxygen atoms in total. The van der Waals surface area contributed by atoms with Gasteiger partial charge < -0.3 is 15.8 Å². The maximum Gasteiger partial charge on any atom is 0.189 e. The number of aliphatic imine (C=N–C) groups is 1. The van der Waals surface area contributed by atoms with Crippen LogP contribution >= 0.6 is 0 Å². The van der Waals surface area contributed by atoms with Gasteiger partial charge >= 0.3 is 0 Å². The largest absolute Gasteiger partial charge is 0.383 e. The molecule has 1 aromatic rings. The van der Waals surface area contributed by atoms with Crippen molar-refractivity contribution in [1.29, 1.82) is 0 Å². The summed E-state index contributed by atoms with van der Waals surface area (Å²) < 4.78 is 4.89. The first-order valence-corrected chi connectivity index (χ1v) is 5.17. The number of guanidine groups is 1. The lowest BCUT2D eigenvalue weighted by molar-refractivity contribution is 0.204. The third kappa shape index (κ3) is 4.75. The maximum atomic E-state index is 5.66. The van der Waals surface area contributed by atoms with Crippen molar-refractivity contribution in [2.75, 3.05) is 20.3 Å². The predicted octanol–water partition coefficient (Wildman–Crippen LogP) is 0.441.